The van der Waals surface area contributed by atoms with E-state index >= 15 is 0 Å². The first kappa shape index (κ1) is 75.5. The maximum atomic E-state index is 12.7. The lowest BCUT2D eigenvalue weighted by molar-refractivity contribution is -0.161. The van der Waals surface area contributed by atoms with E-state index in [0.717, 1.165) is 51.4 Å². The van der Waals surface area contributed by atoms with E-state index in [1.165, 1.54) is 276 Å². The van der Waals surface area contributed by atoms with Crippen molar-refractivity contribution in [1.29, 1.82) is 0 Å². The molecule has 0 heterocycles. The number of carbonyl (C=O) groups excluding carboxylic acids is 2. The van der Waals surface area contributed by atoms with E-state index in [1.807, 2.05) is 0 Å². The van der Waals surface area contributed by atoms with Gasteiger partial charge in [0, 0.05) is 19.4 Å². The Labute approximate surface area is 478 Å². The summed E-state index contributed by atoms with van der Waals surface area (Å²) in [7, 11) is -4.39. The third-order valence-corrected chi connectivity index (χ3v) is 16.3. The second-order valence-electron chi connectivity index (χ2n) is 23.1. The van der Waals surface area contributed by atoms with Crippen molar-refractivity contribution in [1.82, 2.24) is 0 Å². The van der Waals surface area contributed by atoms with E-state index < -0.39 is 26.5 Å². The van der Waals surface area contributed by atoms with Crippen molar-refractivity contribution < 1.29 is 37.6 Å². The Morgan fingerprint density at radius 2 is 0.675 bits per heavy atom. The molecule has 0 saturated heterocycles. The molecule has 0 aliphatic carbocycles. The maximum Gasteiger partial charge on any atom is 0.472 e. The molecule has 9 nitrogen and oxygen atoms in total. The summed E-state index contributed by atoms with van der Waals surface area (Å²) in [5.74, 6) is -0.818. The molecule has 0 fully saturated rings. The maximum absolute atomic E-state index is 12.7. The number of ether oxygens (including phenoxy) is 2. The average molecular weight is 1110 g/mol. The van der Waals surface area contributed by atoms with Crippen molar-refractivity contribution in [3.63, 3.8) is 0 Å². The van der Waals surface area contributed by atoms with Crippen molar-refractivity contribution in [3.8, 4) is 0 Å². The zero-order valence-corrected chi connectivity index (χ0v) is 52.1. The summed E-state index contributed by atoms with van der Waals surface area (Å²) in [6.07, 6.45) is 77.2. The number of phosphoric acid groups is 1. The molecule has 0 aliphatic rings. The van der Waals surface area contributed by atoms with Crippen molar-refractivity contribution in [2.24, 2.45) is 5.73 Å². The molecule has 0 aromatic carbocycles. The molecule has 0 aromatic heterocycles. The Morgan fingerprint density at radius 3 is 1.00 bits per heavy atom. The predicted molar refractivity (Wildman–Crippen MR) is 331 cm³/mol. The number of nitrogens with two attached hydrogens (primary N) is 1. The van der Waals surface area contributed by atoms with Crippen LogP contribution in [-0.2, 0) is 32.7 Å². The largest absolute Gasteiger partial charge is 0.472 e. The number of phosphoric ester groups is 1. The molecule has 0 amide bonds. The van der Waals surface area contributed by atoms with Crippen LogP contribution in [0.4, 0.5) is 0 Å². The lowest BCUT2D eigenvalue weighted by atomic mass is 10.0. The third-order valence-electron chi connectivity index (χ3n) is 15.3. The van der Waals surface area contributed by atoms with Gasteiger partial charge in [0.2, 0.25) is 0 Å². The fourth-order valence-electron chi connectivity index (χ4n) is 10.3. The highest BCUT2D eigenvalue weighted by atomic mass is 31.2. The van der Waals surface area contributed by atoms with Crippen LogP contribution in [0, 0.1) is 0 Å². The first-order valence-corrected chi connectivity index (χ1v) is 35.3. The molecule has 0 aliphatic heterocycles. The molecule has 0 aromatic rings. The van der Waals surface area contributed by atoms with E-state index in [-0.39, 0.29) is 38.6 Å². The lowest BCUT2D eigenvalue weighted by Gasteiger charge is -2.19. The van der Waals surface area contributed by atoms with Crippen LogP contribution in [0.1, 0.15) is 361 Å². The molecule has 0 radical (unpaired) electrons. The summed E-state index contributed by atoms with van der Waals surface area (Å²) < 4.78 is 33.1. The number of hydrogen-bond acceptors (Lipinski definition) is 8. The van der Waals surface area contributed by atoms with Crippen molar-refractivity contribution in [2.45, 2.75) is 367 Å². The molecular weight excluding hydrogens is 978 g/mol. The lowest BCUT2D eigenvalue weighted by Crippen LogP contribution is -2.29. The average Bonchev–Trinajstić information content (AvgIpc) is 3.42. The molecule has 2 atom stereocenters. The highest BCUT2D eigenvalue weighted by molar-refractivity contribution is 7.47. The monoisotopic (exact) mass is 1110 g/mol. The number of hydrogen-bond donors (Lipinski definition) is 2. The molecule has 0 rings (SSSR count). The van der Waals surface area contributed by atoms with Gasteiger partial charge < -0.3 is 20.1 Å². The van der Waals surface area contributed by atoms with Crippen LogP contribution in [-0.4, -0.2) is 49.3 Å². The predicted octanol–water partition coefficient (Wildman–Crippen LogP) is 21.8. The van der Waals surface area contributed by atoms with Gasteiger partial charge in [-0.15, -0.1) is 0 Å². The van der Waals surface area contributed by atoms with Gasteiger partial charge in [-0.25, -0.2) is 4.57 Å². The smallest absolute Gasteiger partial charge is 0.462 e. The highest BCUT2D eigenvalue weighted by Crippen LogP contribution is 2.43. The summed E-state index contributed by atoms with van der Waals surface area (Å²) in [4.78, 5) is 35.2. The third kappa shape index (κ3) is 63.5. The second-order valence-corrected chi connectivity index (χ2v) is 24.5. The van der Waals surface area contributed by atoms with E-state index in [9.17, 15) is 19.0 Å². The molecule has 10 heteroatoms. The topological polar surface area (TPSA) is 134 Å². The SMILES string of the molecule is CCCCCC/C=C\C/C=C\CCCCCCCCCC(=O)OC(COC(=O)CCCCCCCCCCCCCCCCCCCCCCCCCCCCCCCCCCCCCCCC)COP(=O)(O)OCCN. The van der Waals surface area contributed by atoms with E-state index in [0.29, 0.717) is 6.42 Å². The van der Waals surface area contributed by atoms with Gasteiger partial charge in [-0.05, 0) is 44.9 Å². The minimum Gasteiger partial charge on any atom is -0.462 e. The fraction of sp³-hybridized carbons (Fsp3) is 0.910. The van der Waals surface area contributed by atoms with Crippen LogP contribution < -0.4 is 5.73 Å². The Kier molecular flexibility index (Phi) is 62.4. The summed E-state index contributed by atoms with van der Waals surface area (Å²) in [6, 6.07) is 0. The van der Waals surface area contributed by atoms with Gasteiger partial charge in [-0.1, -0.05) is 327 Å². The minimum atomic E-state index is -4.39. The number of rotatable bonds is 65. The molecule has 0 bridgehead atoms. The standard InChI is InChI=1S/C67H130NO8P/c1-3-5-7-9-11-13-15-17-19-21-23-24-25-26-27-28-29-30-31-32-33-34-35-36-37-38-39-40-41-42-44-45-47-49-51-53-55-57-59-66(69)73-63-65(64-75-77(71,72)74-62-61-68)76-67(70)60-58-56-54-52-50-48-46-43-22-20-18-16-14-12-10-8-6-4-2/h14,16,20,22,65H,3-13,15,17-19,21,23-64,68H2,1-2H3,(H,71,72)/b16-14-,22-20-. The van der Waals surface area contributed by atoms with Gasteiger partial charge in [0.15, 0.2) is 6.10 Å². The Bertz CT molecular complexity index is 1310. The number of allylic oxidation sites excluding steroid dienone is 4. The van der Waals surface area contributed by atoms with Crippen LogP contribution in [0.25, 0.3) is 0 Å². The van der Waals surface area contributed by atoms with Crippen LogP contribution in [0.5, 0.6) is 0 Å². The van der Waals surface area contributed by atoms with Crippen LogP contribution in [0.3, 0.4) is 0 Å². The summed E-state index contributed by atoms with van der Waals surface area (Å²) >= 11 is 0. The van der Waals surface area contributed by atoms with Crippen LogP contribution in [0.15, 0.2) is 24.3 Å². The van der Waals surface area contributed by atoms with Gasteiger partial charge in [0.1, 0.15) is 6.61 Å². The summed E-state index contributed by atoms with van der Waals surface area (Å²) in [5, 5.41) is 0. The fourth-order valence-corrected chi connectivity index (χ4v) is 11.1. The van der Waals surface area contributed by atoms with Crippen LogP contribution >= 0.6 is 7.82 Å². The molecule has 3 N–H and O–H groups in total. The Hall–Kier alpha value is -1.51. The first-order valence-electron chi connectivity index (χ1n) is 33.8. The summed E-state index contributed by atoms with van der Waals surface area (Å²) in [5.41, 5.74) is 5.39. The van der Waals surface area contributed by atoms with Crippen molar-refractivity contribution in [2.75, 3.05) is 26.4 Å². The van der Waals surface area contributed by atoms with Gasteiger partial charge in [0.05, 0.1) is 13.2 Å². The minimum absolute atomic E-state index is 0.0541. The van der Waals surface area contributed by atoms with Gasteiger partial charge in [-0.2, -0.15) is 0 Å². The zero-order valence-electron chi connectivity index (χ0n) is 51.2. The Balaban J connectivity index is 3.74. The van der Waals surface area contributed by atoms with Crippen molar-refractivity contribution in [3.05, 3.63) is 24.3 Å². The van der Waals surface area contributed by atoms with Gasteiger partial charge in [-0.3, -0.25) is 18.6 Å². The molecule has 2 unspecified atom stereocenters. The normalized spacial score (nSPS) is 13.0. The molecular formula is C67H130NO8P. The van der Waals surface area contributed by atoms with Gasteiger partial charge >= 0.3 is 19.8 Å². The first-order chi connectivity index (χ1) is 37.8. The van der Waals surface area contributed by atoms with Crippen molar-refractivity contribution >= 4 is 19.8 Å². The molecule has 0 saturated carbocycles. The van der Waals surface area contributed by atoms with E-state index in [4.69, 9.17) is 24.3 Å². The van der Waals surface area contributed by atoms with Gasteiger partial charge in [0.25, 0.3) is 0 Å². The number of carbonyl (C=O) groups is 2. The van der Waals surface area contributed by atoms with Crippen LogP contribution in [0.2, 0.25) is 0 Å². The summed E-state index contributed by atoms with van der Waals surface area (Å²) in [6.45, 7) is 3.78. The molecule has 456 valence electrons. The molecule has 77 heavy (non-hydrogen) atoms. The van der Waals surface area contributed by atoms with E-state index in [2.05, 4.69) is 38.2 Å². The highest BCUT2D eigenvalue weighted by Gasteiger charge is 2.26. The quantitative estimate of drug-likeness (QED) is 0.0264. The Morgan fingerprint density at radius 1 is 0.390 bits per heavy atom. The second kappa shape index (κ2) is 63.7. The number of unbranched alkanes of at least 4 members (excludes halogenated alkanes) is 48. The number of esters is 2. The van der Waals surface area contributed by atoms with E-state index in [1.54, 1.807) is 0 Å². The zero-order chi connectivity index (χ0) is 55.9. The molecule has 0 spiro atoms.